The number of hydrogen-bond acceptors (Lipinski definition) is 3. The maximum absolute atomic E-state index is 10.9. The van der Waals surface area contributed by atoms with E-state index < -0.39 is 0 Å². The van der Waals surface area contributed by atoms with Crippen LogP contribution in [0.25, 0.3) is 0 Å². The van der Waals surface area contributed by atoms with Gasteiger partial charge in [0.2, 0.25) is 0 Å². The van der Waals surface area contributed by atoms with Crippen molar-refractivity contribution in [2.45, 2.75) is 12.8 Å². The van der Waals surface area contributed by atoms with E-state index in [9.17, 15) is 9.90 Å². The summed E-state index contributed by atoms with van der Waals surface area (Å²) in [7, 11) is 1.35. The van der Waals surface area contributed by atoms with Gasteiger partial charge < -0.3 is 9.84 Å². The van der Waals surface area contributed by atoms with E-state index >= 15 is 0 Å². The van der Waals surface area contributed by atoms with Gasteiger partial charge in [0, 0.05) is 16.5 Å². The van der Waals surface area contributed by atoms with Gasteiger partial charge in [-0.15, -0.1) is 0 Å². The van der Waals surface area contributed by atoms with Crippen molar-refractivity contribution in [2.75, 3.05) is 7.11 Å². The fourth-order valence-electron chi connectivity index (χ4n) is 1.12. The molecule has 0 fully saturated rings. The molecule has 1 rings (SSSR count). The molecule has 1 N–H and O–H groups in total. The van der Waals surface area contributed by atoms with E-state index in [0.29, 0.717) is 6.42 Å². The Morgan fingerprint density at radius 2 is 2.29 bits per heavy atom. The third kappa shape index (κ3) is 2.73. The largest absolute Gasteiger partial charge is 0.508 e. The van der Waals surface area contributed by atoms with Crippen molar-refractivity contribution in [2.24, 2.45) is 0 Å². The molecule has 76 valence electrons. The Hall–Kier alpha value is -1.03. The van der Waals surface area contributed by atoms with Crippen molar-refractivity contribution in [1.29, 1.82) is 0 Å². The van der Waals surface area contributed by atoms with E-state index in [-0.39, 0.29) is 18.1 Å². The molecule has 1 aromatic carbocycles. The molecule has 1 aromatic rings. The summed E-state index contributed by atoms with van der Waals surface area (Å²) in [6.45, 7) is 0. The van der Waals surface area contributed by atoms with E-state index in [1.165, 1.54) is 7.11 Å². The number of carbonyl (C=O) groups is 1. The first-order chi connectivity index (χ1) is 6.65. The van der Waals surface area contributed by atoms with Crippen LogP contribution in [0.3, 0.4) is 0 Å². The predicted octanol–water partition coefficient (Wildman–Crippen LogP) is 2.26. The number of ether oxygens (including phenoxy) is 1. The zero-order valence-electron chi connectivity index (χ0n) is 7.79. The molecule has 0 spiro atoms. The first-order valence-corrected chi connectivity index (χ1v) is 4.97. The number of carbonyl (C=O) groups excluding carboxylic acids is 1. The molecule has 0 saturated carbocycles. The normalized spacial score (nSPS) is 9.86. The van der Waals surface area contributed by atoms with E-state index in [0.717, 1.165) is 10.0 Å². The average molecular weight is 259 g/mol. The quantitative estimate of drug-likeness (QED) is 0.847. The number of halogens is 1. The van der Waals surface area contributed by atoms with Gasteiger partial charge in [0.1, 0.15) is 5.75 Å². The summed E-state index contributed by atoms with van der Waals surface area (Å²) in [5, 5.41) is 9.49. The second-order valence-electron chi connectivity index (χ2n) is 2.81. The van der Waals surface area contributed by atoms with Crippen molar-refractivity contribution in [1.82, 2.24) is 0 Å². The lowest BCUT2D eigenvalue weighted by atomic mass is 10.1. The van der Waals surface area contributed by atoms with Gasteiger partial charge in [0.15, 0.2) is 0 Å². The van der Waals surface area contributed by atoms with Gasteiger partial charge in [0.05, 0.1) is 7.11 Å². The highest BCUT2D eigenvalue weighted by Gasteiger charge is 2.08. The van der Waals surface area contributed by atoms with Crippen LogP contribution in [0.15, 0.2) is 22.7 Å². The minimum Gasteiger partial charge on any atom is -0.508 e. The molecule has 0 radical (unpaired) electrons. The van der Waals surface area contributed by atoms with Gasteiger partial charge in [-0.25, -0.2) is 0 Å². The maximum Gasteiger partial charge on any atom is 0.305 e. The number of phenols is 1. The SMILES string of the molecule is COC(=O)CCc1c(O)cccc1Br. The summed E-state index contributed by atoms with van der Waals surface area (Å²) < 4.78 is 5.32. The van der Waals surface area contributed by atoms with Gasteiger partial charge in [-0.3, -0.25) is 4.79 Å². The molecular formula is C10H11BrO3. The van der Waals surface area contributed by atoms with Crippen molar-refractivity contribution >= 4 is 21.9 Å². The van der Waals surface area contributed by atoms with Crippen LogP contribution in [0.5, 0.6) is 5.75 Å². The summed E-state index contributed by atoms with van der Waals surface area (Å²) in [4.78, 5) is 10.9. The molecule has 0 amide bonds. The monoisotopic (exact) mass is 258 g/mol. The number of esters is 1. The van der Waals surface area contributed by atoms with Crippen molar-refractivity contribution in [3.63, 3.8) is 0 Å². The van der Waals surface area contributed by atoms with Gasteiger partial charge in [-0.2, -0.15) is 0 Å². The Kier molecular flexibility index (Phi) is 3.95. The highest BCUT2D eigenvalue weighted by atomic mass is 79.9. The zero-order chi connectivity index (χ0) is 10.6. The minimum absolute atomic E-state index is 0.197. The van der Waals surface area contributed by atoms with E-state index in [4.69, 9.17) is 0 Å². The molecule has 0 bridgehead atoms. The van der Waals surface area contributed by atoms with E-state index in [2.05, 4.69) is 20.7 Å². The maximum atomic E-state index is 10.9. The lowest BCUT2D eigenvalue weighted by molar-refractivity contribution is -0.140. The van der Waals surface area contributed by atoms with Gasteiger partial charge in [-0.1, -0.05) is 22.0 Å². The summed E-state index contributed by atoms with van der Waals surface area (Å²) in [6.07, 6.45) is 0.743. The zero-order valence-corrected chi connectivity index (χ0v) is 9.37. The van der Waals surface area contributed by atoms with Crippen LogP contribution in [0, 0.1) is 0 Å². The number of aromatic hydroxyl groups is 1. The Balaban J connectivity index is 2.71. The summed E-state index contributed by atoms with van der Waals surface area (Å²) in [5.41, 5.74) is 0.734. The van der Waals surface area contributed by atoms with Crippen LogP contribution >= 0.6 is 15.9 Å². The van der Waals surface area contributed by atoms with E-state index in [1.54, 1.807) is 12.1 Å². The molecule has 4 heteroatoms. The first kappa shape index (κ1) is 11.0. The Labute approximate surface area is 90.8 Å². The third-order valence-corrected chi connectivity index (χ3v) is 2.64. The van der Waals surface area contributed by atoms with Crippen LogP contribution in [-0.2, 0) is 16.0 Å². The number of hydrogen-bond donors (Lipinski definition) is 1. The van der Waals surface area contributed by atoms with Crippen molar-refractivity contribution in [3.05, 3.63) is 28.2 Å². The smallest absolute Gasteiger partial charge is 0.305 e. The van der Waals surface area contributed by atoms with Crippen molar-refractivity contribution < 1.29 is 14.6 Å². The summed E-state index contributed by atoms with van der Waals surface area (Å²) >= 11 is 3.31. The Morgan fingerprint density at radius 3 is 2.86 bits per heavy atom. The number of rotatable bonds is 3. The fraction of sp³-hybridized carbons (Fsp3) is 0.300. The predicted molar refractivity (Wildman–Crippen MR) is 56.1 cm³/mol. The molecule has 0 aromatic heterocycles. The average Bonchev–Trinajstić information content (AvgIpc) is 2.16. The molecule has 0 heterocycles. The molecule has 0 aliphatic rings. The molecule has 14 heavy (non-hydrogen) atoms. The first-order valence-electron chi connectivity index (χ1n) is 4.18. The summed E-state index contributed by atoms with van der Waals surface area (Å²) in [5.74, 6) is -0.0802. The number of methoxy groups -OCH3 is 1. The lowest BCUT2D eigenvalue weighted by Gasteiger charge is -2.05. The van der Waals surface area contributed by atoms with Crippen LogP contribution in [0.2, 0.25) is 0 Å². The molecule has 0 aliphatic heterocycles. The molecule has 0 atom stereocenters. The topological polar surface area (TPSA) is 46.5 Å². The Bertz CT molecular complexity index is 316. The van der Waals surface area contributed by atoms with Crippen LogP contribution in [-0.4, -0.2) is 18.2 Å². The highest BCUT2D eigenvalue weighted by molar-refractivity contribution is 9.10. The van der Waals surface area contributed by atoms with Crippen LogP contribution in [0.1, 0.15) is 12.0 Å². The second kappa shape index (κ2) is 5.00. The second-order valence-corrected chi connectivity index (χ2v) is 3.67. The lowest BCUT2D eigenvalue weighted by Crippen LogP contribution is -2.02. The van der Waals surface area contributed by atoms with E-state index in [1.807, 2.05) is 6.07 Å². The molecule has 0 saturated heterocycles. The van der Waals surface area contributed by atoms with Crippen LogP contribution in [0.4, 0.5) is 0 Å². The standard InChI is InChI=1S/C10H11BrO3/c1-14-10(13)6-5-7-8(11)3-2-4-9(7)12/h2-4,12H,5-6H2,1H3. The van der Waals surface area contributed by atoms with Crippen molar-refractivity contribution in [3.8, 4) is 5.75 Å². The third-order valence-electron chi connectivity index (χ3n) is 1.90. The van der Waals surface area contributed by atoms with Gasteiger partial charge in [0.25, 0.3) is 0 Å². The summed E-state index contributed by atoms with van der Waals surface area (Å²) in [6, 6.07) is 5.16. The number of benzene rings is 1. The number of phenolic OH excluding ortho intramolecular Hbond substituents is 1. The minimum atomic E-state index is -0.278. The molecule has 0 unspecified atom stereocenters. The molecule has 0 aliphatic carbocycles. The molecular weight excluding hydrogens is 248 g/mol. The Morgan fingerprint density at radius 1 is 1.57 bits per heavy atom. The highest BCUT2D eigenvalue weighted by Crippen LogP contribution is 2.26. The van der Waals surface area contributed by atoms with Gasteiger partial charge in [-0.05, 0) is 18.6 Å². The van der Waals surface area contributed by atoms with Crippen LogP contribution < -0.4 is 0 Å². The fourth-order valence-corrected chi connectivity index (χ4v) is 1.68. The van der Waals surface area contributed by atoms with Gasteiger partial charge >= 0.3 is 5.97 Å². The molecule has 3 nitrogen and oxygen atoms in total.